The molecule has 0 fully saturated rings. The van der Waals surface area contributed by atoms with E-state index >= 15 is 0 Å². The van der Waals surface area contributed by atoms with Crippen molar-refractivity contribution < 1.29 is 22.7 Å². The number of benzene rings is 1. The molecule has 1 N–H and O–H groups in total. The van der Waals surface area contributed by atoms with E-state index in [1.807, 2.05) is 0 Å². The largest absolute Gasteiger partial charge is 0.416 e. The van der Waals surface area contributed by atoms with Crippen LogP contribution in [0.4, 0.5) is 17.6 Å². The molecule has 0 saturated heterocycles. The molecule has 2 aromatic rings. The molecular formula is C13H10F4OS. The van der Waals surface area contributed by atoms with E-state index in [4.69, 9.17) is 0 Å². The van der Waals surface area contributed by atoms with E-state index in [-0.39, 0.29) is 5.56 Å². The Hall–Kier alpha value is -1.40. The van der Waals surface area contributed by atoms with E-state index in [9.17, 15) is 22.7 Å². The van der Waals surface area contributed by atoms with Crippen LogP contribution in [0, 0.1) is 12.7 Å². The molecule has 1 aromatic carbocycles. The fourth-order valence-corrected chi connectivity index (χ4v) is 2.44. The Balaban J connectivity index is 2.44. The number of aryl methyl sites for hydroxylation is 1. The van der Waals surface area contributed by atoms with E-state index in [1.54, 1.807) is 18.4 Å². The molecule has 0 aliphatic heterocycles. The van der Waals surface area contributed by atoms with Crippen molar-refractivity contribution in [2.24, 2.45) is 0 Å². The van der Waals surface area contributed by atoms with Crippen LogP contribution in [-0.2, 0) is 6.18 Å². The maximum absolute atomic E-state index is 13.6. The van der Waals surface area contributed by atoms with Crippen molar-refractivity contribution >= 4 is 11.3 Å². The Labute approximate surface area is 111 Å². The summed E-state index contributed by atoms with van der Waals surface area (Å²) in [6.45, 7) is 1.80. The number of aliphatic hydroxyl groups excluding tert-OH is 1. The van der Waals surface area contributed by atoms with Crippen LogP contribution < -0.4 is 0 Å². The second kappa shape index (κ2) is 4.94. The Kier molecular flexibility index (Phi) is 3.64. The lowest BCUT2D eigenvalue weighted by Crippen LogP contribution is -2.09. The van der Waals surface area contributed by atoms with E-state index < -0.39 is 23.7 Å². The van der Waals surface area contributed by atoms with Crippen LogP contribution >= 0.6 is 11.3 Å². The van der Waals surface area contributed by atoms with Crippen molar-refractivity contribution in [1.82, 2.24) is 0 Å². The second-order valence-electron chi connectivity index (χ2n) is 4.13. The first-order chi connectivity index (χ1) is 8.79. The van der Waals surface area contributed by atoms with Gasteiger partial charge in [-0.3, -0.25) is 0 Å². The highest BCUT2D eigenvalue weighted by molar-refractivity contribution is 7.10. The molecule has 19 heavy (non-hydrogen) atoms. The van der Waals surface area contributed by atoms with Crippen molar-refractivity contribution in [1.29, 1.82) is 0 Å². The lowest BCUT2D eigenvalue weighted by atomic mass is 10.0. The van der Waals surface area contributed by atoms with Crippen LogP contribution in [0.3, 0.4) is 0 Å². The maximum Gasteiger partial charge on any atom is 0.416 e. The molecule has 6 heteroatoms. The first kappa shape index (κ1) is 14.0. The summed E-state index contributed by atoms with van der Waals surface area (Å²) < 4.78 is 51.3. The molecule has 0 amide bonds. The first-order valence-electron chi connectivity index (χ1n) is 5.39. The lowest BCUT2D eigenvalue weighted by Gasteiger charge is -2.13. The summed E-state index contributed by atoms with van der Waals surface area (Å²) in [5.41, 5.74) is -0.955. The fraction of sp³-hybridized carbons (Fsp3) is 0.231. The number of halogens is 4. The summed E-state index contributed by atoms with van der Waals surface area (Å²) in [5, 5.41) is 11.6. The Bertz CT molecular complexity index is 589. The van der Waals surface area contributed by atoms with Gasteiger partial charge in [0, 0.05) is 10.4 Å². The van der Waals surface area contributed by atoms with E-state index in [0.29, 0.717) is 17.7 Å². The SMILES string of the molecule is Cc1cc(C(O)c2cc(C(F)(F)F)ccc2F)cs1. The summed E-state index contributed by atoms with van der Waals surface area (Å²) >= 11 is 1.34. The number of thiophene rings is 1. The van der Waals surface area contributed by atoms with Gasteiger partial charge in [0.25, 0.3) is 0 Å². The van der Waals surface area contributed by atoms with Crippen molar-refractivity contribution in [2.45, 2.75) is 19.2 Å². The molecule has 0 radical (unpaired) electrons. The molecule has 2 rings (SSSR count). The zero-order valence-electron chi connectivity index (χ0n) is 9.83. The third-order valence-electron chi connectivity index (χ3n) is 2.68. The smallest absolute Gasteiger partial charge is 0.384 e. The molecule has 1 unspecified atom stereocenters. The van der Waals surface area contributed by atoms with E-state index in [1.165, 1.54) is 11.3 Å². The number of alkyl halides is 3. The highest BCUT2D eigenvalue weighted by Gasteiger charge is 2.32. The predicted octanol–water partition coefficient (Wildman–Crippen LogP) is 4.30. The number of rotatable bonds is 2. The van der Waals surface area contributed by atoms with Gasteiger partial charge < -0.3 is 5.11 Å². The molecule has 102 valence electrons. The standard InChI is InChI=1S/C13H10F4OS/c1-7-4-8(6-19-7)12(18)10-5-9(13(15,16)17)2-3-11(10)14/h2-6,12,18H,1H3. The zero-order valence-corrected chi connectivity index (χ0v) is 10.6. The van der Waals surface area contributed by atoms with Crippen LogP contribution in [0.1, 0.15) is 27.7 Å². The van der Waals surface area contributed by atoms with Gasteiger partial charge in [-0.15, -0.1) is 11.3 Å². The third kappa shape index (κ3) is 2.96. The molecule has 0 aliphatic rings. The van der Waals surface area contributed by atoms with E-state index in [0.717, 1.165) is 10.9 Å². The second-order valence-corrected chi connectivity index (χ2v) is 5.24. The minimum Gasteiger partial charge on any atom is -0.384 e. The minimum atomic E-state index is -4.56. The van der Waals surface area contributed by atoms with Crippen LogP contribution in [0.25, 0.3) is 0 Å². The van der Waals surface area contributed by atoms with Crippen molar-refractivity contribution in [3.8, 4) is 0 Å². The molecule has 1 heterocycles. The van der Waals surface area contributed by atoms with Crippen molar-refractivity contribution in [3.63, 3.8) is 0 Å². The monoisotopic (exact) mass is 290 g/mol. The predicted molar refractivity (Wildman–Crippen MR) is 64.5 cm³/mol. The van der Waals surface area contributed by atoms with Gasteiger partial charge in [-0.05, 0) is 42.1 Å². The Morgan fingerprint density at radius 3 is 2.42 bits per heavy atom. The molecule has 1 atom stereocenters. The normalized spacial score (nSPS) is 13.6. The van der Waals surface area contributed by atoms with Crippen molar-refractivity contribution in [2.75, 3.05) is 0 Å². The Morgan fingerprint density at radius 1 is 1.21 bits per heavy atom. The minimum absolute atomic E-state index is 0.368. The van der Waals surface area contributed by atoms with Crippen molar-refractivity contribution in [3.05, 3.63) is 57.0 Å². The van der Waals surface area contributed by atoms with Gasteiger partial charge in [0.15, 0.2) is 0 Å². The molecular weight excluding hydrogens is 280 g/mol. The molecule has 0 saturated carbocycles. The van der Waals surface area contributed by atoms with Gasteiger partial charge in [0.1, 0.15) is 11.9 Å². The van der Waals surface area contributed by atoms with Crippen LogP contribution in [-0.4, -0.2) is 5.11 Å². The average Bonchev–Trinajstić information content (AvgIpc) is 2.74. The van der Waals surface area contributed by atoms with Gasteiger partial charge in [-0.25, -0.2) is 4.39 Å². The van der Waals surface area contributed by atoms with E-state index in [2.05, 4.69) is 0 Å². The highest BCUT2D eigenvalue weighted by atomic mass is 32.1. The third-order valence-corrected chi connectivity index (χ3v) is 3.56. The zero-order chi connectivity index (χ0) is 14.2. The molecule has 1 nitrogen and oxygen atoms in total. The van der Waals surface area contributed by atoms with Gasteiger partial charge in [0.2, 0.25) is 0 Å². The molecule has 1 aromatic heterocycles. The van der Waals surface area contributed by atoms with Gasteiger partial charge >= 0.3 is 6.18 Å². The average molecular weight is 290 g/mol. The number of hydrogen-bond donors (Lipinski definition) is 1. The molecule has 0 aliphatic carbocycles. The van der Waals surface area contributed by atoms with Gasteiger partial charge in [0.05, 0.1) is 5.56 Å². The first-order valence-corrected chi connectivity index (χ1v) is 6.27. The van der Waals surface area contributed by atoms with Gasteiger partial charge in [-0.2, -0.15) is 13.2 Å². The lowest BCUT2D eigenvalue weighted by molar-refractivity contribution is -0.137. The summed E-state index contributed by atoms with van der Waals surface area (Å²) in [4.78, 5) is 0.890. The maximum atomic E-state index is 13.6. The molecule has 0 spiro atoms. The summed E-state index contributed by atoms with van der Waals surface area (Å²) in [6, 6.07) is 3.65. The number of aliphatic hydroxyl groups is 1. The Morgan fingerprint density at radius 2 is 1.89 bits per heavy atom. The van der Waals surface area contributed by atoms with Crippen LogP contribution in [0.2, 0.25) is 0 Å². The summed E-state index contributed by atoms with van der Waals surface area (Å²) in [7, 11) is 0. The van der Waals surface area contributed by atoms with Crippen LogP contribution in [0.5, 0.6) is 0 Å². The summed E-state index contributed by atoms with van der Waals surface area (Å²) in [5.74, 6) is -0.857. The quantitative estimate of drug-likeness (QED) is 0.818. The fourth-order valence-electron chi connectivity index (χ4n) is 1.72. The van der Waals surface area contributed by atoms with Gasteiger partial charge in [-0.1, -0.05) is 0 Å². The highest BCUT2D eigenvalue weighted by Crippen LogP contribution is 2.34. The number of hydrogen-bond acceptors (Lipinski definition) is 2. The molecule has 0 bridgehead atoms. The summed E-state index contributed by atoms with van der Waals surface area (Å²) in [6.07, 6.45) is -5.96. The van der Waals surface area contributed by atoms with Crippen LogP contribution in [0.15, 0.2) is 29.6 Å². The topological polar surface area (TPSA) is 20.2 Å².